The van der Waals surface area contributed by atoms with E-state index in [4.69, 9.17) is 37.4 Å². The number of hydrogen-bond donors (Lipinski definition) is 0. The highest BCUT2D eigenvalue weighted by atomic mass is 35.5. The molecule has 1 aromatic heterocycles. The molecular weight excluding hydrogens is 425 g/mol. The minimum Gasteiger partial charge on any atom is -0.375 e. The van der Waals surface area contributed by atoms with Crippen molar-refractivity contribution < 1.29 is 14.2 Å². The zero-order valence-corrected chi connectivity index (χ0v) is 17.7. The Morgan fingerprint density at radius 2 is 2.07 bits per heavy atom. The van der Waals surface area contributed by atoms with Gasteiger partial charge in [0.1, 0.15) is 25.3 Å². The van der Waals surface area contributed by atoms with Crippen molar-refractivity contribution in [2.24, 2.45) is 0 Å². The number of hydrogen-bond acceptors (Lipinski definition) is 5. The fourth-order valence-electron chi connectivity index (χ4n) is 3.30. The van der Waals surface area contributed by atoms with Crippen LogP contribution in [0.25, 0.3) is 6.08 Å². The molecule has 2 heterocycles. The summed E-state index contributed by atoms with van der Waals surface area (Å²) in [5.41, 5.74) is 1.82. The third-order valence-electron chi connectivity index (χ3n) is 4.67. The molecule has 30 heavy (non-hydrogen) atoms. The first kappa shape index (κ1) is 21.0. The summed E-state index contributed by atoms with van der Waals surface area (Å²) in [4.78, 5) is 3.99. The fourth-order valence-corrected chi connectivity index (χ4v) is 3.85. The van der Waals surface area contributed by atoms with E-state index in [1.165, 1.54) is 6.33 Å². The number of halogens is 2. The van der Waals surface area contributed by atoms with Gasteiger partial charge in [0, 0.05) is 10.6 Å². The van der Waals surface area contributed by atoms with Gasteiger partial charge in [0.25, 0.3) is 0 Å². The van der Waals surface area contributed by atoms with Crippen LogP contribution in [0.1, 0.15) is 11.1 Å². The molecule has 1 saturated heterocycles. The highest BCUT2D eigenvalue weighted by Gasteiger charge is 2.45. The van der Waals surface area contributed by atoms with Crippen LogP contribution in [-0.4, -0.2) is 40.7 Å². The molecule has 0 radical (unpaired) electrons. The molecular formula is C22H21Cl2N3O3. The van der Waals surface area contributed by atoms with Crippen LogP contribution in [0.2, 0.25) is 10.0 Å². The highest BCUT2D eigenvalue weighted by molar-refractivity contribution is 6.35. The van der Waals surface area contributed by atoms with Crippen LogP contribution in [0, 0.1) is 0 Å². The van der Waals surface area contributed by atoms with Crippen molar-refractivity contribution in [1.29, 1.82) is 0 Å². The third kappa shape index (κ3) is 5.09. The van der Waals surface area contributed by atoms with E-state index in [0.717, 1.165) is 5.56 Å². The molecule has 0 amide bonds. The minimum atomic E-state index is -1.09. The maximum atomic E-state index is 6.46. The smallest absolute Gasteiger partial charge is 0.217 e. The molecule has 0 spiro atoms. The van der Waals surface area contributed by atoms with Gasteiger partial charge in [-0.05, 0) is 17.7 Å². The molecule has 2 atom stereocenters. The van der Waals surface area contributed by atoms with E-state index < -0.39 is 5.79 Å². The molecule has 8 heteroatoms. The molecule has 0 saturated carbocycles. The van der Waals surface area contributed by atoms with E-state index in [2.05, 4.69) is 10.1 Å². The normalized spacial score (nSPS) is 21.5. The molecule has 0 N–H and O–H groups in total. The summed E-state index contributed by atoms with van der Waals surface area (Å²) in [5, 5.41) is 5.19. The lowest BCUT2D eigenvalue weighted by atomic mass is 10.1. The summed E-state index contributed by atoms with van der Waals surface area (Å²) in [6.07, 6.45) is 6.83. The molecule has 1 aliphatic heterocycles. The quantitative estimate of drug-likeness (QED) is 0.474. The third-order valence-corrected chi connectivity index (χ3v) is 5.21. The molecule has 1 fully saturated rings. The predicted octanol–water partition coefficient (Wildman–Crippen LogP) is 4.58. The number of benzene rings is 2. The molecule has 156 valence electrons. The van der Waals surface area contributed by atoms with Gasteiger partial charge in [-0.2, -0.15) is 5.10 Å². The number of ether oxygens (including phenoxy) is 3. The van der Waals surface area contributed by atoms with E-state index in [1.807, 2.05) is 48.6 Å². The Kier molecular flexibility index (Phi) is 6.82. The van der Waals surface area contributed by atoms with Crippen molar-refractivity contribution in [2.45, 2.75) is 18.4 Å². The zero-order valence-electron chi connectivity index (χ0n) is 16.2. The van der Waals surface area contributed by atoms with Gasteiger partial charge in [-0.25, -0.2) is 9.67 Å². The van der Waals surface area contributed by atoms with Crippen LogP contribution in [0.3, 0.4) is 0 Å². The van der Waals surface area contributed by atoms with Crippen LogP contribution in [0.4, 0.5) is 0 Å². The first-order valence-corrected chi connectivity index (χ1v) is 10.3. The molecule has 0 aliphatic carbocycles. The summed E-state index contributed by atoms with van der Waals surface area (Å²) in [6, 6.07) is 15.3. The lowest BCUT2D eigenvalue weighted by Crippen LogP contribution is -2.34. The number of rotatable bonds is 8. The number of nitrogens with zero attached hydrogens (tertiary/aromatic N) is 3. The molecule has 3 aromatic rings. The average molecular weight is 446 g/mol. The summed E-state index contributed by atoms with van der Waals surface area (Å²) in [7, 11) is 0. The lowest BCUT2D eigenvalue weighted by molar-refractivity contribution is -0.192. The Balaban J connectivity index is 1.41. The standard InChI is InChI=1S/C22H21Cl2N3O3/c23-18-8-9-20(21(24)11-18)22(14-27-16-25-15-26-27)29-13-19(30-22)12-28-10-4-7-17-5-2-1-3-6-17/h1-9,11,15-16,19H,10,12-14H2/b7-4+. The van der Waals surface area contributed by atoms with Crippen molar-refractivity contribution in [3.05, 3.63) is 88.4 Å². The van der Waals surface area contributed by atoms with Crippen LogP contribution < -0.4 is 0 Å². The van der Waals surface area contributed by atoms with Crippen molar-refractivity contribution in [1.82, 2.24) is 14.8 Å². The first-order chi connectivity index (χ1) is 14.6. The van der Waals surface area contributed by atoms with E-state index in [1.54, 1.807) is 23.1 Å². The Hall–Kier alpha value is -2.22. The second-order valence-corrected chi connectivity index (χ2v) is 7.72. The van der Waals surface area contributed by atoms with Crippen molar-refractivity contribution >= 4 is 29.3 Å². The van der Waals surface area contributed by atoms with Gasteiger partial charge in [-0.1, -0.05) is 71.8 Å². The molecule has 4 rings (SSSR count). The summed E-state index contributed by atoms with van der Waals surface area (Å²) < 4.78 is 19.9. The zero-order chi connectivity index (χ0) is 20.8. The Morgan fingerprint density at radius 1 is 1.20 bits per heavy atom. The van der Waals surface area contributed by atoms with E-state index in [0.29, 0.717) is 42.0 Å². The van der Waals surface area contributed by atoms with Crippen LogP contribution >= 0.6 is 23.2 Å². The number of aromatic nitrogens is 3. The van der Waals surface area contributed by atoms with Gasteiger partial charge in [0.05, 0.1) is 24.8 Å². The predicted molar refractivity (Wildman–Crippen MR) is 115 cm³/mol. The van der Waals surface area contributed by atoms with Crippen molar-refractivity contribution in [3.63, 3.8) is 0 Å². The second kappa shape index (κ2) is 9.73. The Labute approximate surface area is 185 Å². The average Bonchev–Trinajstić information content (AvgIpc) is 3.39. The lowest BCUT2D eigenvalue weighted by Gasteiger charge is -2.29. The SMILES string of the molecule is Clc1ccc(C2(Cn3cncn3)OCC(COC/C=C/c3ccccc3)O2)c(Cl)c1. The van der Waals surface area contributed by atoms with E-state index in [-0.39, 0.29) is 6.10 Å². The summed E-state index contributed by atoms with van der Waals surface area (Å²) in [5.74, 6) is -1.09. The van der Waals surface area contributed by atoms with Gasteiger partial charge in [-0.15, -0.1) is 0 Å². The summed E-state index contributed by atoms with van der Waals surface area (Å²) in [6.45, 7) is 1.55. The van der Waals surface area contributed by atoms with Crippen molar-refractivity contribution in [2.75, 3.05) is 19.8 Å². The molecule has 2 aromatic carbocycles. The fraction of sp³-hybridized carbons (Fsp3) is 0.273. The topological polar surface area (TPSA) is 58.4 Å². The van der Waals surface area contributed by atoms with Gasteiger partial charge in [0.15, 0.2) is 0 Å². The first-order valence-electron chi connectivity index (χ1n) is 9.54. The largest absolute Gasteiger partial charge is 0.375 e. The van der Waals surface area contributed by atoms with E-state index in [9.17, 15) is 0 Å². The van der Waals surface area contributed by atoms with Crippen LogP contribution in [0.5, 0.6) is 0 Å². The Morgan fingerprint density at radius 3 is 2.83 bits per heavy atom. The van der Waals surface area contributed by atoms with Gasteiger partial charge < -0.3 is 14.2 Å². The molecule has 6 nitrogen and oxygen atoms in total. The maximum absolute atomic E-state index is 6.46. The van der Waals surface area contributed by atoms with Gasteiger partial charge in [0.2, 0.25) is 5.79 Å². The van der Waals surface area contributed by atoms with Crippen LogP contribution in [-0.2, 0) is 26.5 Å². The molecule has 1 aliphatic rings. The molecule has 2 unspecified atom stereocenters. The Bertz CT molecular complexity index is 983. The maximum Gasteiger partial charge on any atom is 0.217 e. The minimum absolute atomic E-state index is 0.245. The highest BCUT2D eigenvalue weighted by Crippen LogP contribution is 2.40. The second-order valence-electron chi connectivity index (χ2n) is 6.87. The van der Waals surface area contributed by atoms with Gasteiger partial charge in [-0.3, -0.25) is 0 Å². The van der Waals surface area contributed by atoms with E-state index >= 15 is 0 Å². The van der Waals surface area contributed by atoms with Gasteiger partial charge >= 0.3 is 0 Å². The summed E-state index contributed by atoms with van der Waals surface area (Å²) >= 11 is 12.5. The van der Waals surface area contributed by atoms with Crippen LogP contribution in [0.15, 0.2) is 67.3 Å². The van der Waals surface area contributed by atoms with Crippen molar-refractivity contribution in [3.8, 4) is 0 Å². The monoisotopic (exact) mass is 445 g/mol. The molecule has 0 bridgehead atoms.